The molecule has 1 heterocycles. The summed E-state index contributed by atoms with van der Waals surface area (Å²) in [7, 11) is 1.94. The van der Waals surface area contributed by atoms with Crippen LogP contribution in [0.25, 0.3) is 10.9 Å². The van der Waals surface area contributed by atoms with Crippen molar-refractivity contribution in [2.45, 2.75) is 0 Å². The number of nitrogens with zero attached hydrogens (tertiary/aromatic N) is 2. The Bertz CT molecular complexity index is 505. The van der Waals surface area contributed by atoms with Gasteiger partial charge in [0, 0.05) is 23.1 Å². The van der Waals surface area contributed by atoms with Crippen LogP contribution in [0.3, 0.4) is 0 Å². The Balaban J connectivity index is 2.99. The smallest absolute Gasteiger partial charge is 0.101 e. The molecule has 0 N–H and O–H groups in total. The molecule has 2 aromatic rings. The van der Waals surface area contributed by atoms with E-state index in [1.165, 1.54) is 0 Å². The average molecular weight is 235 g/mol. The molecule has 0 aliphatic rings. The Morgan fingerprint density at radius 3 is 2.92 bits per heavy atom. The summed E-state index contributed by atoms with van der Waals surface area (Å²) in [4.78, 5) is 0. The Kier molecular flexibility index (Phi) is 1.86. The predicted octanol–water partition coefficient (Wildman–Crippen LogP) is 2.81. The van der Waals surface area contributed by atoms with Crippen molar-refractivity contribution in [3.8, 4) is 6.07 Å². The summed E-state index contributed by atoms with van der Waals surface area (Å²) in [5.41, 5.74) is 1.70. The van der Waals surface area contributed by atoms with Gasteiger partial charge in [0.15, 0.2) is 0 Å². The Morgan fingerprint density at radius 2 is 2.23 bits per heavy atom. The molecule has 0 bridgehead atoms. The van der Waals surface area contributed by atoms with Gasteiger partial charge in [-0.2, -0.15) is 5.26 Å². The lowest BCUT2D eigenvalue weighted by Gasteiger charge is -1.97. The highest BCUT2D eigenvalue weighted by Crippen LogP contribution is 2.27. The molecule has 0 radical (unpaired) electrons. The van der Waals surface area contributed by atoms with Gasteiger partial charge in [0.25, 0.3) is 0 Å². The molecule has 0 amide bonds. The minimum absolute atomic E-state index is 0.714. The largest absolute Gasteiger partial charge is 0.348 e. The first-order valence-electron chi connectivity index (χ1n) is 3.87. The summed E-state index contributed by atoms with van der Waals surface area (Å²) in [6.07, 6.45) is 1.96. The maximum Gasteiger partial charge on any atom is 0.101 e. The number of aryl methyl sites for hydroxylation is 1. The first kappa shape index (κ1) is 8.33. The van der Waals surface area contributed by atoms with Crippen molar-refractivity contribution in [2.24, 2.45) is 7.05 Å². The lowest BCUT2D eigenvalue weighted by molar-refractivity contribution is 0.965. The van der Waals surface area contributed by atoms with Gasteiger partial charge in [-0.3, -0.25) is 0 Å². The predicted molar refractivity (Wildman–Crippen MR) is 55.3 cm³/mol. The SMILES string of the molecule is Cn1cc(Br)c2cccc(C#N)c21. The van der Waals surface area contributed by atoms with Crippen LogP contribution >= 0.6 is 15.9 Å². The number of rotatable bonds is 0. The minimum atomic E-state index is 0.714. The zero-order chi connectivity index (χ0) is 9.42. The highest BCUT2D eigenvalue weighted by Gasteiger charge is 2.07. The Labute approximate surface area is 84.5 Å². The topological polar surface area (TPSA) is 28.7 Å². The van der Waals surface area contributed by atoms with Crippen LogP contribution in [0.15, 0.2) is 28.9 Å². The van der Waals surface area contributed by atoms with E-state index in [0.717, 1.165) is 15.4 Å². The van der Waals surface area contributed by atoms with Gasteiger partial charge in [0.1, 0.15) is 6.07 Å². The molecule has 0 aliphatic carbocycles. The van der Waals surface area contributed by atoms with E-state index < -0.39 is 0 Å². The first-order valence-corrected chi connectivity index (χ1v) is 4.67. The number of para-hydroxylation sites is 1. The van der Waals surface area contributed by atoms with Crippen molar-refractivity contribution in [2.75, 3.05) is 0 Å². The molecule has 0 unspecified atom stereocenters. The lowest BCUT2D eigenvalue weighted by atomic mass is 10.1. The number of nitriles is 1. The molecule has 0 atom stereocenters. The molecule has 1 aromatic carbocycles. The minimum Gasteiger partial charge on any atom is -0.348 e. The van der Waals surface area contributed by atoms with Gasteiger partial charge >= 0.3 is 0 Å². The third-order valence-corrected chi connectivity index (χ3v) is 2.71. The summed E-state index contributed by atoms with van der Waals surface area (Å²) in [6.45, 7) is 0. The van der Waals surface area contributed by atoms with E-state index in [0.29, 0.717) is 5.56 Å². The van der Waals surface area contributed by atoms with Crippen LogP contribution in [0.4, 0.5) is 0 Å². The van der Waals surface area contributed by atoms with Crippen LogP contribution in [-0.4, -0.2) is 4.57 Å². The number of fused-ring (bicyclic) bond motifs is 1. The Hall–Kier alpha value is -1.27. The normalized spacial score (nSPS) is 10.2. The van der Waals surface area contributed by atoms with E-state index >= 15 is 0 Å². The highest BCUT2D eigenvalue weighted by molar-refractivity contribution is 9.10. The molecular formula is C10H7BrN2. The van der Waals surface area contributed by atoms with Crippen LogP contribution in [0.2, 0.25) is 0 Å². The van der Waals surface area contributed by atoms with Crippen LogP contribution in [-0.2, 0) is 7.05 Å². The molecule has 0 saturated carbocycles. The molecule has 0 saturated heterocycles. The summed E-state index contributed by atoms with van der Waals surface area (Å²) in [5.74, 6) is 0. The lowest BCUT2D eigenvalue weighted by Crippen LogP contribution is -1.87. The van der Waals surface area contributed by atoms with E-state index in [1.807, 2.05) is 36.0 Å². The first-order chi connectivity index (χ1) is 6.24. The van der Waals surface area contributed by atoms with Crippen molar-refractivity contribution in [3.05, 3.63) is 34.4 Å². The number of hydrogen-bond donors (Lipinski definition) is 0. The second-order valence-electron chi connectivity index (χ2n) is 2.90. The zero-order valence-corrected chi connectivity index (χ0v) is 8.67. The fourth-order valence-electron chi connectivity index (χ4n) is 1.51. The Morgan fingerprint density at radius 1 is 1.46 bits per heavy atom. The highest BCUT2D eigenvalue weighted by atomic mass is 79.9. The van der Waals surface area contributed by atoms with Crippen molar-refractivity contribution >= 4 is 26.8 Å². The van der Waals surface area contributed by atoms with Crippen molar-refractivity contribution < 1.29 is 0 Å². The quantitative estimate of drug-likeness (QED) is 0.690. The number of halogens is 1. The summed E-state index contributed by atoms with van der Waals surface area (Å²) in [6, 6.07) is 7.91. The van der Waals surface area contributed by atoms with E-state index in [1.54, 1.807) is 0 Å². The molecule has 1 aromatic heterocycles. The van der Waals surface area contributed by atoms with E-state index in [4.69, 9.17) is 5.26 Å². The summed E-state index contributed by atoms with van der Waals surface area (Å²) >= 11 is 3.45. The van der Waals surface area contributed by atoms with Crippen LogP contribution in [0.1, 0.15) is 5.56 Å². The van der Waals surface area contributed by atoms with Gasteiger partial charge in [-0.1, -0.05) is 12.1 Å². The van der Waals surface area contributed by atoms with Crippen molar-refractivity contribution in [1.82, 2.24) is 4.57 Å². The third-order valence-electron chi connectivity index (χ3n) is 2.07. The van der Waals surface area contributed by atoms with E-state index in [2.05, 4.69) is 22.0 Å². The summed E-state index contributed by atoms with van der Waals surface area (Å²) < 4.78 is 2.99. The van der Waals surface area contributed by atoms with Gasteiger partial charge in [-0.15, -0.1) is 0 Å². The van der Waals surface area contributed by atoms with E-state index in [9.17, 15) is 0 Å². The molecule has 0 spiro atoms. The monoisotopic (exact) mass is 234 g/mol. The maximum absolute atomic E-state index is 8.89. The maximum atomic E-state index is 8.89. The van der Waals surface area contributed by atoms with E-state index in [-0.39, 0.29) is 0 Å². The zero-order valence-electron chi connectivity index (χ0n) is 7.08. The van der Waals surface area contributed by atoms with Gasteiger partial charge in [-0.25, -0.2) is 0 Å². The number of hydrogen-bond acceptors (Lipinski definition) is 1. The average Bonchev–Trinajstić information content (AvgIpc) is 2.43. The molecular weight excluding hydrogens is 228 g/mol. The molecule has 64 valence electrons. The molecule has 0 aliphatic heterocycles. The molecule has 2 nitrogen and oxygen atoms in total. The van der Waals surface area contributed by atoms with Crippen molar-refractivity contribution in [1.29, 1.82) is 5.26 Å². The molecule has 3 heteroatoms. The summed E-state index contributed by atoms with van der Waals surface area (Å²) in [5, 5.41) is 9.98. The van der Waals surface area contributed by atoms with Gasteiger partial charge in [0.05, 0.1) is 11.1 Å². The standard InChI is InChI=1S/C10H7BrN2/c1-13-6-9(11)8-4-2-3-7(5-12)10(8)13/h2-4,6H,1H3. The van der Waals surface area contributed by atoms with Gasteiger partial charge < -0.3 is 4.57 Å². The van der Waals surface area contributed by atoms with Gasteiger partial charge in [-0.05, 0) is 22.0 Å². The van der Waals surface area contributed by atoms with Crippen molar-refractivity contribution in [3.63, 3.8) is 0 Å². The number of benzene rings is 1. The third kappa shape index (κ3) is 1.14. The fourth-order valence-corrected chi connectivity index (χ4v) is 2.14. The van der Waals surface area contributed by atoms with Crippen LogP contribution < -0.4 is 0 Å². The number of aromatic nitrogens is 1. The second-order valence-corrected chi connectivity index (χ2v) is 3.76. The van der Waals surface area contributed by atoms with Crippen LogP contribution in [0.5, 0.6) is 0 Å². The second kappa shape index (κ2) is 2.90. The fraction of sp³-hybridized carbons (Fsp3) is 0.100. The van der Waals surface area contributed by atoms with Gasteiger partial charge in [0.2, 0.25) is 0 Å². The van der Waals surface area contributed by atoms with Crippen LogP contribution in [0, 0.1) is 11.3 Å². The molecule has 13 heavy (non-hydrogen) atoms. The molecule has 0 fully saturated rings. The molecule has 2 rings (SSSR count).